The van der Waals surface area contributed by atoms with Crippen LogP contribution < -0.4 is 10.1 Å². The van der Waals surface area contributed by atoms with Gasteiger partial charge in [-0.1, -0.05) is 12.1 Å². The maximum atomic E-state index is 11.3. The molecule has 0 bridgehead atoms. The van der Waals surface area contributed by atoms with E-state index in [1.165, 1.54) is 7.11 Å². The van der Waals surface area contributed by atoms with E-state index in [1.54, 1.807) is 6.92 Å². The largest absolute Gasteiger partial charge is 0.478 e. The zero-order valence-corrected chi connectivity index (χ0v) is 11.7. The van der Waals surface area contributed by atoms with Crippen LogP contribution in [0, 0.1) is 0 Å². The molecule has 0 amide bonds. The van der Waals surface area contributed by atoms with Crippen molar-refractivity contribution in [2.75, 3.05) is 14.2 Å². The standard InChI is InChI=1S/C12H16BrNO3/c1-8(12(15)16-3)17-11-9(7-14-2)5-4-6-10(11)13/h4-6,8,14H,7H2,1-3H3. The average Bonchev–Trinajstić information content (AvgIpc) is 2.32. The predicted molar refractivity (Wildman–Crippen MR) is 69.0 cm³/mol. The van der Waals surface area contributed by atoms with Gasteiger partial charge in [0.25, 0.3) is 0 Å². The van der Waals surface area contributed by atoms with Crippen LogP contribution in [-0.4, -0.2) is 26.2 Å². The summed E-state index contributed by atoms with van der Waals surface area (Å²) < 4.78 is 11.1. The molecule has 0 aliphatic rings. The molecule has 0 saturated carbocycles. The molecule has 1 atom stereocenters. The summed E-state index contributed by atoms with van der Waals surface area (Å²) in [6, 6.07) is 5.74. The molecule has 1 N–H and O–H groups in total. The van der Waals surface area contributed by atoms with Crippen molar-refractivity contribution < 1.29 is 14.3 Å². The summed E-state index contributed by atoms with van der Waals surface area (Å²) in [4.78, 5) is 11.3. The van der Waals surface area contributed by atoms with Gasteiger partial charge in [-0.25, -0.2) is 4.79 Å². The van der Waals surface area contributed by atoms with Gasteiger partial charge in [0.05, 0.1) is 11.6 Å². The van der Waals surface area contributed by atoms with Crippen molar-refractivity contribution in [3.8, 4) is 5.75 Å². The normalized spacial score (nSPS) is 12.0. The highest BCUT2D eigenvalue weighted by atomic mass is 79.9. The maximum absolute atomic E-state index is 11.3. The van der Waals surface area contributed by atoms with Crippen molar-refractivity contribution in [1.82, 2.24) is 5.32 Å². The smallest absolute Gasteiger partial charge is 0.346 e. The van der Waals surface area contributed by atoms with Crippen molar-refractivity contribution in [1.29, 1.82) is 0 Å². The lowest BCUT2D eigenvalue weighted by molar-refractivity contribution is -0.147. The van der Waals surface area contributed by atoms with Crippen LogP contribution in [0.5, 0.6) is 5.75 Å². The number of rotatable bonds is 5. The van der Waals surface area contributed by atoms with E-state index in [9.17, 15) is 4.79 Å². The Bertz CT molecular complexity index is 395. The number of benzene rings is 1. The summed E-state index contributed by atoms with van der Waals surface area (Å²) in [5, 5.41) is 3.05. The molecule has 0 spiro atoms. The number of nitrogens with one attached hydrogen (secondary N) is 1. The van der Waals surface area contributed by atoms with Crippen molar-refractivity contribution in [2.45, 2.75) is 19.6 Å². The lowest BCUT2D eigenvalue weighted by Gasteiger charge is -2.17. The van der Waals surface area contributed by atoms with E-state index >= 15 is 0 Å². The Labute approximate surface area is 109 Å². The Morgan fingerprint density at radius 2 is 2.24 bits per heavy atom. The number of ether oxygens (including phenoxy) is 2. The Morgan fingerprint density at radius 1 is 1.53 bits per heavy atom. The second-order valence-electron chi connectivity index (χ2n) is 3.54. The molecule has 1 aromatic carbocycles. The number of para-hydroxylation sites is 1. The van der Waals surface area contributed by atoms with E-state index in [0.717, 1.165) is 10.0 Å². The topological polar surface area (TPSA) is 47.6 Å². The fourth-order valence-corrected chi connectivity index (χ4v) is 1.91. The van der Waals surface area contributed by atoms with Crippen LogP contribution in [0.25, 0.3) is 0 Å². The Kier molecular flexibility index (Phi) is 5.44. The SMILES string of the molecule is CNCc1cccc(Br)c1OC(C)C(=O)OC. The Hall–Kier alpha value is -1.07. The minimum Gasteiger partial charge on any atom is -0.478 e. The van der Waals surface area contributed by atoms with Crippen molar-refractivity contribution in [2.24, 2.45) is 0 Å². The third kappa shape index (κ3) is 3.71. The first-order chi connectivity index (χ1) is 8.10. The fraction of sp³-hybridized carbons (Fsp3) is 0.417. The molecule has 0 fully saturated rings. The summed E-state index contributed by atoms with van der Waals surface area (Å²) in [5.74, 6) is 0.274. The van der Waals surface area contributed by atoms with Gasteiger partial charge in [-0.15, -0.1) is 0 Å². The third-order valence-electron chi connectivity index (χ3n) is 2.24. The van der Waals surface area contributed by atoms with E-state index in [2.05, 4.69) is 26.0 Å². The molecule has 5 heteroatoms. The summed E-state index contributed by atoms with van der Waals surface area (Å²) in [6.07, 6.45) is -0.630. The molecule has 0 radical (unpaired) electrons. The molecule has 4 nitrogen and oxygen atoms in total. The van der Waals surface area contributed by atoms with Crippen LogP contribution in [0.4, 0.5) is 0 Å². The minimum atomic E-state index is -0.630. The van der Waals surface area contributed by atoms with Crippen LogP contribution >= 0.6 is 15.9 Å². The van der Waals surface area contributed by atoms with E-state index < -0.39 is 12.1 Å². The molecule has 1 unspecified atom stereocenters. The molecule has 94 valence electrons. The van der Waals surface area contributed by atoms with Crippen LogP contribution in [-0.2, 0) is 16.1 Å². The number of carbonyl (C=O) groups is 1. The van der Waals surface area contributed by atoms with Gasteiger partial charge in [-0.3, -0.25) is 0 Å². The van der Waals surface area contributed by atoms with Gasteiger partial charge < -0.3 is 14.8 Å². The lowest BCUT2D eigenvalue weighted by Crippen LogP contribution is -2.25. The first kappa shape index (κ1) is 14.0. The lowest BCUT2D eigenvalue weighted by atomic mass is 10.2. The van der Waals surface area contributed by atoms with Gasteiger partial charge in [0.15, 0.2) is 6.10 Å². The summed E-state index contributed by atoms with van der Waals surface area (Å²) in [5.41, 5.74) is 0.984. The van der Waals surface area contributed by atoms with Crippen molar-refractivity contribution in [3.63, 3.8) is 0 Å². The maximum Gasteiger partial charge on any atom is 0.346 e. The first-order valence-electron chi connectivity index (χ1n) is 5.26. The van der Waals surface area contributed by atoms with Gasteiger partial charge >= 0.3 is 5.97 Å². The van der Waals surface area contributed by atoms with Crippen LogP contribution in [0.2, 0.25) is 0 Å². The zero-order valence-electron chi connectivity index (χ0n) is 10.1. The highest BCUT2D eigenvalue weighted by molar-refractivity contribution is 9.10. The highest BCUT2D eigenvalue weighted by Crippen LogP contribution is 2.30. The second-order valence-corrected chi connectivity index (χ2v) is 4.40. The van der Waals surface area contributed by atoms with Crippen LogP contribution in [0.3, 0.4) is 0 Å². The number of hydrogen-bond acceptors (Lipinski definition) is 4. The predicted octanol–water partition coefficient (Wildman–Crippen LogP) is 2.11. The molecule has 1 aromatic rings. The Balaban J connectivity index is 2.92. The number of carbonyl (C=O) groups excluding carboxylic acids is 1. The first-order valence-corrected chi connectivity index (χ1v) is 6.06. The quantitative estimate of drug-likeness (QED) is 0.846. The third-order valence-corrected chi connectivity index (χ3v) is 2.87. The van der Waals surface area contributed by atoms with Gasteiger partial charge in [0.1, 0.15) is 5.75 Å². The minimum absolute atomic E-state index is 0.392. The van der Waals surface area contributed by atoms with E-state index in [-0.39, 0.29) is 0 Å². The molecule has 0 heterocycles. The van der Waals surface area contributed by atoms with E-state index in [1.807, 2.05) is 25.2 Å². The van der Waals surface area contributed by atoms with Crippen LogP contribution in [0.1, 0.15) is 12.5 Å². The van der Waals surface area contributed by atoms with Crippen LogP contribution in [0.15, 0.2) is 22.7 Å². The van der Waals surface area contributed by atoms with Gasteiger partial charge in [-0.05, 0) is 36.0 Å². The van der Waals surface area contributed by atoms with Gasteiger partial charge in [0, 0.05) is 12.1 Å². The highest BCUT2D eigenvalue weighted by Gasteiger charge is 2.18. The number of methoxy groups -OCH3 is 1. The molecule has 0 aromatic heterocycles. The second kappa shape index (κ2) is 6.61. The monoisotopic (exact) mass is 301 g/mol. The number of esters is 1. The number of hydrogen-bond donors (Lipinski definition) is 1. The molecular weight excluding hydrogens is 286 g/mol. The summed E-state index contributed by atoms with van der Waals surface area (Å²) in [7, 11) is 3.20. The summed E-state index contributed by atoms with van der Waals surface area (Å²) >= 11 is 3.41. The molecule has 0 aliphatic heterocycles. The molecular formula is C12H16BrNO3. The van der Waals surface area contributed by atoms with Gasteiger partial charge in [-0.2, -0.15) is 0 Å². The molecule has 0 aliphatic carbocycles. The summed E-state index contributed by atoms with van der Waals surface area (Å²) in [6.45, 7) is 2.33. The van der Waals surface area contributed by atoms with E-state index in [0.29, 0.717) is 12.3 Å². The average molecular weight is 302 g/mol. The van der Waals surface area contributed by atoms with E-state index in [4.69, 9.17) is 4.74 Å². The molecule has 0 saturated heterocycles. The molecule has 17 heavy (non-hydrogen) atoms. The fourth-order valence-electron chi connectivity index (χ4n) is 1.41. The van der Waals surface area contributed by atoms with Gasteiger partial charge in [0.2, 0.25) is 0 Å². The Morgan fingerprint density at radius 3 is 2.82 bits per heavy atom. The van der Waals surface area contributed by atoms with Crippen molar-refractivity contribution >= 4 is 21.9 Å². The zero-order chi connectivity index (χ0) is 12.8. The van der Waals surface area contributed by atoms with Crippen molar-refractivity contribution in [3.05, 3.63) is 28.2 Å². The molecule has 1 rings (SSSR count). The number of halogens is 1.